The van der Waals surface area contributed by atoms with Crippen LogP contribution < -0.4 is 5.69 Å². The van der Waals surface area contributed by atoms with Crippen molar-refractivity contribution in [3.8, 4) is 0 Å². The molecule has 0 aliphatic rings. The van der Waals surface area contributed by atoms with Gasteiger partial charge in [-0.1, -0.05) is 13.3 Å². The van der Waals surface area contributed by atoms with Crippen molar-refractivity contribution in [3.05, 3.63) is 28.4 Å². The molecule has 1 aromatic heterocycles. The Balaban J connectivity index is 2.80. The maximum atomic E-state index is 11.2. The predicted octanol–water partition coefficient (Wildman–Crippen LogP) is 1.35. The summed E-state index contributed by atoms with van der Waals surface area (Å²) in [7, 11) is 0. The van der Waals surface area contributed by atoms with E-state index in [9.17, 15) is 4.79 Å². The molecule has 0 aliphatic carbocycles. The molecule has 0 unspecified atom stereocenters. The number of hydrogen-bond acceptors (Lipinski definition) is 2. The second kappa shape index (κ2) is 4.04. The number of nitrogens with zero attached hydrogens (tertiary/aromatic N) is 2. The third-order valence-electron chi connectivity index (χ3n) is 1.77. The maximum Gasteiger partial charge on any atom is 0.347 e. The van der Waals surface area contributed by atoms with E-state index in [1.54, 1.807) is 10.8 Å². The fourth-order valence-electron chi connectivity index (χ4n) is 1.01. The van der Waals surface area contributed by atoms with E-state index in [-0.39, 0.29) is 5.69 Å². The highest BCUT2D eigenvalue weighted by Crippen LogP contribution is 1.91. The van der Waals surface area contributed by atoms with Crippen LogP contribution in [0.5, 0.6) is 0 Å². The van der Waals surface area contributed by atoms with Gasteiger partial charge in [-0.3, -0.25) is 4.57 Å². The van der Waals surface area contributed by atoms with Crippen molar-refractivity contribution in [1.82, 2.24) is 9.55 Å². The number of rotatable bonds is 3. The molecule has 0 aromatic carbocycles. The first kappa shape index (κ1) is 8.97. The molecule has 0 radical (unpaired) electrons. The Morgan fingerprint density at radius 1 is 1.58 bits per heavy atom. The van der Waals surface area contributed by atoms with Crippen molar-refractivity contribution >= 4 is 0 Å². The summed E-state index contributed by atoms with van der Waals surface area (Å²) in [5.74, 6) is 0. The standard InChI is InChI=1S/C9H14N2O/c1-3-4-6-11-7-5-8(2)10-9(11)12/h5,7H,3-4,6H2,1-2H3. The number of hydrogen-bond donors (Lipinski definition) is 0. The van der Waals surface area contributed by atoms with Crippen molar-refractivity contribution in [2.45, 2.75) is 33.2 Å². The average molecular weight is 166 g/mol. The molecule has 0 saturated heterocycles. The first-order chi connectivity index (χ1) is 5.74. The number of aromatic nitrogens is 2. The van der Waals surface area contributed by atoms with Gasteiger partial charge in [0.05, 0.1) is 0 Å². The van der Waals surface area contributed by atoms with Crippen LogP contribution in [0, 0.1) is 6.92 Å². The molecule has 0 N–H and O–H groups in total. The third-order valence-corrected chi connectivity index (χ3v) is 1.77. The van der Waals surface area contributed by atoms with Gasteiger partial charge < -0.3 is 0 Å². The van der Waals surface area contributed by atoms with Crippen molar-refractivity contribution in [2.24, 2.45) is 0 Å². The normalized spacial score (nSPS) is 10.2. The zero-order chi connectivity index (χ0) is 8.97. The lowest BCUT2D eigenvalue weighted by molar-refractivity contribution is 0.597. The lowest BCUT2D eigenvalue weighted by atomic mass is 10.3. The van der Waals surface area contributed by atoms with Crippen LogP contribution in [0.4, 0.5) is 0 Å². The van der Waals surface area contributed by atoms with E-state index in [0.29, 0.717) is 0 Å². The maximum absolute atomic E-state index is 11.2. The summed E-state index contributed by atoms with van der Waals surface area (Å²) in [6, 6.07) is 1.86. The fourth-order valence-corrected chi connectivity index (χ4v) is 1.01. The molecular weight excluding hydrogens is 152 g/mol. The highest BCUT2D eigenvalue weighted by molar-refractivity contribution is 4.95. The van der Waals surface area contributed by atoms with Crippen LogP contribution in [-0.2, 0) is 6.54 Å². The van der Waals surface area contributed by atoms with E-state index in [2.05, 4.69) is 11.9 Å². The molecule has 0 saturated carbocycles. The van der Waals surface area contributed by atoms with Crippen LogP contribution in [0.15, 0.2) is 17.1 Å². The molecule has 0 spiro atoms. The van der Waals surface area contributed by atoms with Gasteiger partial charge in [0.15, 0.2) is 0 Å². The second-order valence-electron chi connectivity index (χ2n) is 2.90. The minimum absolute atomic E-state index is 0.136. The van der Waals surface area contributed by atoms with Crippen molar-refractivity contribution in [3.63, 3.8) is 0 Å². The highest BCUT2D eigenvalue weighted by atomic mass is 16.1. The summed E-state index contributed by atoms with van der Waals surface area (Å²) in [5, 5.41) is 0. The molecule has 1 aromatic rings. The van der Waals surface area contributed by atoms with E-state index in [1.807, 2.05) is 13.0 Å². The number of unbranched alkanes of at least 4 members (excludes halogenated alkanes) is 1. The van der Waals surface area contributed by atoms with Gasteiger partial charge in [0, 0.05) is 18.4 Å². The lowest BCUT2D eigenvalue weighted by Gasteiger charge is -2.02. The summed E-state index contributed by atoms with van der Waals surface area (Å²) in [5.41, 5.74) is 0.649. The highest BCUT2D eigenvalue weighted by Gasteiger charge is 1.95. The van der Waals surface area contributed by atoms with Gasteiger partial charge in [-0.05, 0) is 19.4 Å². The van der Waals surface area contributed by atoms with E-state index in [0.717, 1.165) is 25.1 Å². The molecular formula is C9H14N2O. The zero-order valence-electron chi connectivity index (χ0n) is 7.58. The summed E-state index contributed by atoms with van der Waals surface area (Å²) in [6.45, 7) is 4.71. The smallest absolute Gasteiger partial charge is 0.299 e. The van der Waals surface area contributed by atoms with Crippen LogP contribution in [0.1, 0.15) is 25.5 Å². The summed E-state index contributed by atoms with van der Waals surface area (Å²) in [6.07, 6.45) is 3.94. The first-order valence-corrected chi connectivity index (χ1v) is 4.28. The monoisotopic (exact) mass is 166 g/mol. The molecule has 1 rings (SSSR count). The lowest BCUT2D eigenvalue weighted by Crippen LogP contribution is -2.22. The topological polar surface area (TPSA) is 34.9 Å². The molecule has 66 valence electrons. The fraction of sp³-hybridized carbons (Fsp3) is 0.556. The minimum Gasteiger partial charge on any atom is -0.299 e. The molecule has 0 aliphatic heterocycles. The van der Waals surface area contributed by atoms with Crippen LogP contribution in [-0.4, -0.2) is 9.55 Å². The van der Waals surface area contributed by atoms with E-state index in [4.69, 9.17) is 0 Å². The molecule has 3 heteroatoms. The van der Waals surface area contributed by atoms with E-state index in [1.165, 1.54) is 0 Å². The molecule has 0 bridgehead atoms. The van der Waals surface area contributed by atoms with Gasteiger partial charge in [0.1, 0.15) is 0 Å². The van der Waals surface area contributed by atoms with Crippen molar-refractivity contribution in [2.75, 3.05) is 0 Å². The summed E-state index contributed by atoms with van der Waals surface area (Å²) >= 11 is 0. The Morgan fingerprint density at radius 2 is 2.33 bits per heavy atom. The second-order valence-corrected chi connectivity index (χ2v) is 2.90. The van der Waals surface area contributed by atoms with Crippen molar-refractivity contribution < 1.29 is 0 Å². The van der Waals surface area contributed by atoms with Crippen LogP contribution in [0.3, 0.4) is 0 Å². The largest absolute Gasteiger partial charge is 0.347 e. The van der Waals surface area contributed by atoms with Crippen LogP contribution in [0.25, 0.3) is 0 Å². The number of aryl methyl sites for hydroxylation is 2. The Hall–Kier alpha value is -1.12. The third kappa shape index (κ3) is 2.19. The Kier molecular flexibility index (Phi) is 3.02. The Morgan fingerprint density at radius 3 is 2.92 bits per heavy atom. The van der Waals surface area contributed by atoms with Gasteiger partial charge in [0.25, 0.3) is 0 Å². The zero-order valence-corrected chi connectivity index (χ0v) is 7.58. The molecule has 0 fully saturated rings. The van der Waals surface area contributed by atoms with Crippen LogP contribution in [0.2, 0.25) is 0 Å². The van der Waals surface area contributed by atoms with Crippen molar-refractivity contribution in [1.29, 1.82) is 0 Å². The van der Waals surface area contributed by atoms with Gasteiger partial charge >= 0.3 is 5.69 Å². The summed E-state index contributed by atoms with van der Waals surface area (Å²) < 4.78 is 1.65. The first-order valence-electron chi connectivity index (χ1n) is 4.28. The van der Waals surface area contributed by atoms with Gasteiger partial charge in [-0.15, -0.1) is 0 Å². The summed E-state index contributed by atoms with van der Waals surface area (Å²) in [4.78, 5) is 15.0. The molecule has 3 nitrogen and oxygen atoms in total. The predicted molar refractivity (Wildman–Crippen MR) is 48.1 cm³/mol. The molecule has 0 atom stereocenters. The molecule has 0 amide bonds. The van der Waals surface area contributed by atoms with Gasteiger partial charge in [0.2, 0.25) is 0 Å². The Labute approximate surface area is 72.1 Å². The van der Waals surface area contributed by atoms with Crippen LogP contribution >= 0.6 is 0 Å². The van der Waals surface area contributed by atoms with E-state index >= 15 is 0 Å². The Bertz CT molecular complexity index is 304. The average Bonchev–Trinajstić information content (AvgIpc) is 2.03. The quantitative estimate of drug-likeness (QED) is 0.679. The molecule has 12 heavy (non-hydrogen) atoms. The molecule has 1 heterocycles. The van der Waals surface area contributed by atoms with Gasteiger partial charge in [-0.25, -0.2) is 4.79 Å². The van der Waals surface area contributed by atoms with Gasteiger partial charge in [-0.2, -0.15) is 4.98 Å². The minimum atomic E-state index is -0.136. The SMILES string of the molecule is CCCCn1ccc(C)nc1=O. The van der Waals surface area contributed by atoms with E-state index < -0.39 is 0 Å².